The number of ether oxygens (including phenoxy) is 1. The van der Waals surface area contributed by atoms with E-state index in [1.165, 1.54) is 0 Å². The van der Waals surface area contributed by atoms with E-state index in [1.807, 2.05) is 54.3 Å². The Kier molecular flexibility index (Phi) is 6.17. The molecule has 1 amide bonds. The molecule has 5 rings (SSSR count). The summed E-state index contributed by atoms with van der Waals surface area (Å²) >= 11 is 0. The molecule has 1 saturated carbocycles. The summed E-state index contributed by atoms with van der Waals surface area (Å²) in [5, 5.41) is 11.7. The summed E-state index contributed by atoms with van der Waals surface area (Å²) in [6, 6.07) is 15.2. The van der Waals surface area contributed by atoms with E-state index in [2.05, 4.69) is 0 Å². The summed E-state index contributed by atoms with van der Waals surface area (Å²) in [6.45, 7) is 3.01. The average Bonchev–Trinajstić information content (AvgIpc) is 2.85. The Morgan fingerprint density at radius 3 is 2.82 bits per heavy atom. The maximum atomic E-state index is 12.8. The standard InChI is InChI=1S/C28H31NO5/c1-19-23-11-10-22(16-25(23)34-27(31)24(19)15-20-7-3-2-4-8-20)33-18-26(30)29-14-13-28(32)12-6-5-9-21(28)17-29/h2-4,7-8,10-11,16,21,32H,5-6,9,12-15,17-18H2,1H3. The third-order valence-corrected chi connectivity index (χ3v) is 7.63. The first-order valence-electron chi connectivity index (χ1n) is 12.2. The molecule has 2 atom stereocenters. The van der Waals surface area contributed by atoms with Crippen LogP contribution in [0.4, 0.5) is 0 Å². The van der Waals surface area contributed by atoms with E-state index < -0.39 is 5.60 Å². The minimum absolute atomic E-state index is 0.0774. The summed E-state index contributed by atoms with van der Waals surface area (Å²) in [5.41, 5.74) is 2.09. The van der Waals surface area contributed by atoms with Crippen molar-refractivity contribution in [3.05, 3.63) is 75.6 Å². The predicted octanol–water partition coefficient (Wildman–Crippen LogP) is 4.22. The fourth-order valence-corrected chi connectivity index (χ4v) is 5.50. The van der Waals surface area contributed by atoms with Gasteiger partial charge in [-0.1, -0.05) is 43.2 Å². The van der Waals surface area contributed by atoms with Gasteiger partial charge in [0.25, 0.3) is 5.91 Å². The first kappa shape index (κ1) is 22.7. The van der Waals surface area contributed by atoms with Gasteiger partial charge in [-0.15, -0.1) is 0 Å². The topological polar surface area (TPSA) is 80.0 Å². The zero-order valence-electron chi connectivity index (χ0n) is 19.6. The number of carbonyl (C=O) groups is 1. The van der Waals surface area contributed by atoms with Crippen molar-refractivity contribution < 1.29 is 19.1 Å². The van der Waals surface area contributed by atoms with E-state index in [0.29, 0.717) is 42.8 Å². The molecular formula is C28H31NO5. The number of hydrogen-bond acceptors (Lipinski definition) is 5. The van der Waals surface area contributed by atoms with Crippen LogP contribution in [0, 0.1) is 12.8 Å². The zero-order valence-corrected chi connectivity index (χ0v) is 19.6. The SMILES string of the molecule is Cc1c(Cc2ccccc2)c(=O)oc2cc(OCC(=O)N3CCC4(O)CCCCC4C3)ccc12. The number of amides is 1. The van der Waals surface area contributed by atoms with Gasteiger partial charge >= 0.3 is 5.63 Å². The third kappa shape index (κ3) is 4.47. The summed E-state index contributed by atoms with van der Waals surface area (Å²) in [6.07, 6.45) is 5.13. The molecule has 0 spiro atoms. The van der Waals surface area contributed by atoms with Crippen molar-refractivity contribution in [1.82, 2.24) is 4.90 Å². The van der Waals surface area contributed by atoms with Crippen molar-refractivity contribution in [1.29, 1.82) is 0 Å². The lowest BCUT2D eigenvalue weighted by atomic mass is 9.71. The molecule has 0 bridgehead atoms. The third-order valence-electron chi connectivity index (χ3n) is 7.63. The fraction of sp³-hybridized carbons (Fsp3) is 0.429. The predicted molar refractivity (Wildman–Crippen MR) is 130 cm³/mol. The molecule has 2 fully saturated rings. The van der Waals surface area contributed by atoms with Gasteiger partial charge in [0.05, 0.1) is 5.60 Å². The fourth-order valence-electron chi connectivity index (χ4n) is 5.50. The molecule has 1 aliphatic heterocycles. The molecular weight excluding hydrogens is 430 g/mol. The summed E-state index contributed by atoms with van der Waals surface area (Å²) in [5.74, 6) is 0.566. The molecule has 1 saturated heterocycles. The van der Waals surface area contributed by atoms with Crippen molar-refractivity contribution in [3.8, 4) is 5.75 Å². The second kappa shape index (κ2) is 9.26. The van der Waals surface area contributed by atoms with E-state index in [1.54, 1.807) is 6.07 Å². The Morgan fingerprint density at radius 1 is 1.18 bits per heavy atom. The van der Waals surface area contributed by atoms with Crippen LogP contribution in [0.2, 0.25) is 0 Å². The molecule has 34 heavy (non-hydrogen) atoms. The first-order valence-corrected chi connectivity index (χ1v) is 12.2. The quantitative estimate of drug-likeness (QED) is 0.576. The lowest BCUT2D eigenvalue weighted by molar-refractivity contribution is -0.145. The molecule has 0 radical (unpaired) electrons. The van der Waals surface area contributed by atoms with E-state index in [9.17, 15) is 14.7 Å². The van der Waals surface area contributed by atoms with Gasteiger partial charge in [-0.3, -0.25) is 4.79 Å². The number of fused-ring (bicyclic) bond motifs is 2. The maximum absolute atomic E-state index is 12.8. The number of likely N-dealkylation sites (tertiary alicyclic amines) is 1. The number of aliphatic hydroxyl groups is 1. The van der Waals surface area contributed by atoms with Gasteiger partial charge in [0.2, 0.25) is 0 Å². The van der Waals surface area contributed by atoms with Crippen LogP contribution in [-0.2, 0) is 11.2 Å². The van der Waals surface area contributed by atoms with Crippen LogP contribution >= 0.6 is 0 Å². The zero-order chi connectivity index (χ0) is 23.7. The van der Waals surface area contributed by atoms with Gasteiger partial charge in [0.15, 0.2) is 6.61 Å². The molecule has 6 nitrogen and oxygen atoms in total. The molecule has 1 N–H and O–H groups in total. The van der Waals surface area contributed by atoms with Gasteiger partial charge in [-0.05, 0) is 49.4 Å². The minimum Gasteiger partial charge on any atom is -0.484 e. The number of benzene rings is 2. The summed E-state index contributed by atoms with van der Waals surface area (Å²) in [4.78, 5) is 27.3. The molecule has 2 heterocycles. The lowest BCUT2D eigenvalue weighted by Gasteiger charge is -2.47. The van der Waals surface area contributed by atoms with E-state index >= 15 is 0 Å². The Morgan fingerprint density at radius 2 is 2.00 bits per heavy atom. The van der Waals surface area contributed by atoms with Crippen LogP contribution in [0.15, 0.2) is 57.7 Å². The molecule has 3 aromatic rings. The average molecular weight is 462 g/mol. The van der Waals surface area contributed by atoms with Crippen LogP contribution in [0.3, 0.4) is 0 Å². The maximum Gasteiger partial charge on any atom is 0.340 e. The van der Waals surface area contributed by atoms with Crippen molar-refractivity contribution in [3.63, 3.8) is 0 Å². The van der Waals surface area contributed by atoms with Crippen LogP contribution in [0.5, 0.6) is 5.75 Å². The number of nitrogens with zero attached hydrogens (tertiary/aromatic N) is 1. The first-order chi connectivity index (χ1) is 16.4. The van der Waals surface area contributed by atoms with E-state index in [4.69, 9.17) is 9.15 Å². The number of piperidine rings is 1. The Labute approximate surface area is 199 Å². The highest BCUT2D eigenvalue weighted by atomic mass is 16.5. The van der Waals surface area contributed by atoms with Crippen molar-refractivity contribution in [2.75, 3.05) is 19.7 Å². The molecule has 2 aromatic carbocycles. The Hall–Kier alpha value is -3.12. The van der Waals surface area contributed by atoms with Gasteiger partial charge in [0.1, 0.15) is 11.3 Å². The summed E-state index contributed by atoms with van der Waals surface area (Å²) < 4.78 is 11.4. The second-order valence-corrected chi connectivity index (χ2v) is 9.74. The molecule has 1 aromatic heterocycles. The summed E-state index contributed by atoms with van der Waals surface area (Å²) in [7, 11) is 0. The number of carbonyl (C=O) groups excluding carboxylic acids is 1. The highest BCUT2D eigenvalue weighted by Crippen LogP contribution is 2.39. The Bertz CT molecular complexity index is 1250. The van der Waals surface area contributed by atoms with E-state index in [-0.39, 0.29) is 24.1 Å². The highest BCUT2D eigenvalue weighted by Gasteiger charge is 2.43. The number of rotatable bonds is 5. The van der Waals surface area contributed by atoms with Gasteiger partial charge < -0.3 is 19.2 Å². The van der Waals surface area contributed by atoms with Gasteiger partial charge in [-0.2, -0.15) is 0 Å². The number of hydrogen-bond donors (Lipinski definition) is 1. The van der Waals surface area contributed by atoms with Crippen LogP contribution in [0.1, 0.15) is 48.8 Å². The van der Waals surface area contributed by atoms with Crippen molar-refractivity contribution in [2.45, 2.75) is 51.0 Å². The normalized spacial score (nSPS) is 22.4. The highest BCUT2D eigenvalue weighted by molar-refractivity contribution is 5.83. The van der Waals surface area contributed by atoms with Crippen molar-refractivity contribution in [2.24, 2.45) is 5.92 Å². The van der Waals surface area contributed by atoms with Crippen LogP contribution < -0.4 is 10.4 Å². The Balaban J connectivity index is 1.27. The smallest absolute Gasteiger partial charge is 0.340 e. The van der Waals surface area contributed by atoms with E-state index in [0.717, 1.165) is 42.2 Å². The van der Waals surface area contributed by atoms with Crippen molar-refractivity contribution >= 4 is 16.9 Å². The largest absolute Gasteiger partial charge is 0.484 e. The molecule has 2 unspecified atom stereocenters. The lowest BCUT2D eigenvalue weighted by Crippen LogP contribution is -2.55. The second-order valence-electron chi connectivity index (χ2n) is 9.74. The van der Waals surface area contributed by atoms with Crippen LogP contribution in [-0.4, -0.2) is 41.2 Å². The minimum atomic E-state index is -0.608. The monoisotopic (exact) mass is 461 g/mol. The van der Waals surface area contributed by atoms with Gasteiger partial charge in [0, 0.05) is 42.4 Å². The van der Waals surface area contributed by atoms with Gasteiger partial charge in [-0.25, -0.2) is 4.79 Å². The molecule has 1 aliphatic carbocycles. The molecule has 6 heteroatoms. The molecule has 178 valence electrons. The molecule has 2 aliphatic rings. The van der Waals surface area contributed by atoms with Crippen LogP contribution in [0.25, 0.3) is 11.0 Å². The number of aryl methyl sites for hydroxylation is 1.